The summed E-state index contributed by atoms with van der Waals surface area (Å²) < 4.78 is 60.3. The number of rotatable bonds is 3. The van der Waals surface area contributed by atoms with Crippen LogP contribution < -0.4 is 5.32 Å². The highest BCUT2D eigenvalue weighted by Gasteiger charge is 2.87. The first-order valence-electron chi connectivity index (χ1n) is 9.53. The number of aliphatic hydroxyl groups is 1. The number of alkyl halides is 3. The van der Waals surface area contributed by atoms with E-state index < -0.39 is 52.6 Å². The van der Waals surface area contributed by atoms with E-state index in [1.165, 1.54) is 0 Å². The summed E-state index contributed by atoms with van der Waals surface area (Å²) in [6.45, 7) is 1.80. The van der Waals surface area contributed by atoms with E-state index in [1.54, 1.807) is 24.9 Å². The molecule has 30 heavy (non-hydrogen) atoms. The Morgan fingerprint density at radius 3 is 2.77 bits per heavy atom. The molecule has 0 unspecified atom stereocenters. The molecule has 0 radical (unpaired) electrons. The van der Waals surface area contributed by atoms with Crippen molar-refractivity contribution >= 4 is 11.6 Å². The second kappa shape index (κ2) is 5.82. The summed E-state index contributed by atoms with van der Waals surface area (Å²) in [5, 5.41) is 17.3. The standard InChI is InChI=1S/C20H19F4N3O3/c1-9-12(7-27(2)26-9)18-8-19(18,15-6-14(28)16(18)30-15)17(29)25-10-3-4-13(21)11(5-10)20(22,23)24/h3-5,7,14-16,28H,6,8H2,1-2H3,(H,25,29)/t14-,15+,16-,18+,19+/m0/s1. The van der Waals surface area contributed by atoms with Gasteiger partial charge in [-0.15, -0.1) is 0 Å². The van der Waals surface area contributed by atoms with Crippen LogP contribution in [-0.4, -0.2) is 39.1 Å². The largest absolute Gasteiger partial charge is 0.419 e. The fourth-order valence-electron chi connectivity index (χ4n) is 5.60. The van der Waals surface area contributed by atoms with Gasteiger partial charge in [-0.2, -0.15) is 18.3 Å². The molecule has 0 spiro atoms. The second-order valence-electron chi connectivity index (χ2n) is 8.42. The molecule has 10 heteroatoms. The zero-order valence-electron chi connectivity index (χ0n) is 16.1. The average Bonchev–Trinajstić information content (AvgIpc) is 2.87. The van der Waals surface area contributed by atoms with Gasteiger partial charge in [0.05, 0.1) is 35.0 Å². The van der Waals surface area contributed by atoms with Crippen molar-refractivity contribution in [3.05, 3.63) is 47.0 Å². The van der Waals surface area contributed by atoms with E-state index in [0.717, 1.165) is 11.6 Å². The number of nitrogens with zero attached hydrogens (tertiary/aromatic N) is 2. The van der Waals surface area contributed by atoms with Gasteiger partial charge in [-0.1, -0.05) is 0 Å². The van der Waals surface area contributed by atoms with Crippen molar-refractivity contribution in [2.24, 2.45) is 12.5 Å². The Bertz CT molecular complexity index is 1070. The van der Waals surface area contributed by atoms with Gasteiger partial charge in [0.2, 0.25) is 5.91 Å². The molecule has 2 aliphatic heterocycles. The van der Waals surface area contributed by atoms with E-state index in [1.807, 2.05) is 0 Å². The number of hydrogen-bond donors (Lipinski definition) is 2. The van der Waals surface area contributed by atoms with E-state index in [2.05, 4.69) is 10.4 Å². The first kappa shape index (κ1) is 19.5. The van der Waals surface area contributed by atoms with Crippen molar-refractivity contribution in [1.82, 2.24) is 9.78 Å². The number of anilines is 1. The minimum absolute atomic E-state index is 0.143. The summed E-state index contributed by atoms with van der Waals surface area (Å²) in [5.74, 6) is -1.90. The highest BCUT2D eigenvalue weighted by atomic mass is 19.4. The van der Waals surface area contributed by atoms with Gasteiger partial charge in [0.15, 0.2) is 0 Å². The van der Waals surface area contributed by atoms with Crippen LogP contribution in [0, 0.1) is 18.2 Å². The summed E-state index contributed by atoms with van der Waals surface area (Å²) in [7, 11) is 1.75. The summed E-state index contributed by atoms with van der Waals surface area (Å²) in [6.07, 6.45) is -4.29. The van der Waals surface area contributed by atoms with Crippen LogP contribution in [0.1, 0.15) is 29.7 Å². The SMILES string of the molecule is Cc1nn(C)cc1[C@@]12C[C@]1(C(=O)Nc1ccc(F)c(C(F)(F)F)c1)[C@H]1C[C@H](O)[C@@H]2O1. The Kier molecular flexibility index (Phi) is 3.78. The van der Waals surface area contributed by atoms with Crippen LogP contribution in [0.3, 0.4) is 0 Å². The molecule has 160 valence electrons. The number of amides is 1. The fraction of sp³-hybridized carbons (Fsp3) is 0.500. The van der Waals surface area contributed by atoms with Crippen LogP contribution in [0.25, 0.3) is 0 Å². The van der Waals surface area contributed by atoms with Gasteiger partial charge in [-0.3, -0.25) is 9.48 Å². The smallest absolute Gasteiger partial charge is 0.390 e. The third-order valence-corrected chi connectivity index (χ3v) is 6.81. The zero-order valence-corrected chi connectivity index (χ0v) is 16.1. The summed E-state index contributed by atoms with van der Waals surface area (Å²) in [6, 6.07) is 2.37. The van der Waals surface area contributed by atoms with Crippen molar-refractivity contribution in [1.29, 1.82) is 0 Å². The molecule has 6 nitrogen and oxygen atoms in total. The molecule has 5 rings (SSSR count). The van der Waals surface area contributed by atoms with Gasteiger partial charge in [0.1, 0.15) is 5.82 Å². The molecule has 2 aromatic rings. The monoisotopic (exact) mass is 425 g/mol. The lowest BCUT2D eigenvalue weighted by molar-refractivity contribution is -0.140. The Morgan fingerprint density at radius 2 is 2.13 bits per heavy atom. The maximum Gasteiger partial charge on any atom is 0.419 e. The number of carbonyl (C=O) groups is 1. The van der Waals surface area contributed by atoms with Crippen molar-refractivity contribution < 1.29 is 32.2 Å². The molecule has 5 atom stereocenters. The van der Waals surface area contributed by atoms with Crippen molar-refractivity contribution in [3.63, 3.8) is 0 Å². The lowest BCUT2D eigenvalue weighted by Crippen LogP contribution is -2.44. The van der Waals surface area contributed by atoms with Gasteiger partial charge < -0.3 is 15.2 Å². The van der Waals surface area contributed by atoms with Crippen molar-refractivity contribution in [3.8, 4) is 0 Å². The molecule has 3 fully saturated rings. The minimum atomic E-state index is -4.88. The summed E-state index contributed by atoms with van der Waals surface area (Å²) in [4.78, 5) is 13.3. The number of benzene rings is 1. The number of carbonyl (C=O) groups excluding carboxylic acids is 1. The number of fused-ring (bicyclic) bond motifs is 5. The summed E-state index contributed by atoms with van der Waals surface area (Å²) in [5.41, 5.74) is -1.89. The number of ether oxygens (including phenoxy) is 1. The molecule has 3 aliphatic rings. The van der Waals surface area contributed by atoms with Crippen LogP contribution in [0.4, 0.5) is 23.2 Å². The normalized spacial score (nSPS) is 34.2. The zero-order chi connectivity index (χ0) is 21.6. The topological polar surface area (TPSA) is 76.4 Å². The molecule has 2 N–H and O–H groups in total. The number of nitrogens with one attached hydrogen (secondary N) is 1. The van der Waals surface area contributed by atoms with Crippen LogP contribution in [0.5, 0.6) is 0 Å². The van der Waals surface area contributed by atoms with Gasteiger partial charge in [-0.05, 0) is 31.5 Å². The molecule has 1 saturated carbocycles. The molecule has 1 aromatic carbocycles. The maximum atomic E-state index is 13.6. The third-order valence-electron chi connectivity index (χ3n) is 6.81. The van der Waals surface area contributed by atoms with E-state index in [-0.39, 0.29) is 12.1 Å². The van der Waals surface area contributed by atoms with Crippen molar-refractivity contribution in [2.75, 3.05) is 5.32 Å². The molecule has 2 bridgehead atoms. The Balaban J connectivity index is 1.51. The van der Waals surface area contributed by atoms with E-state index in [4.69, 9.17) is 4.74 Å². The molecular formula is C20H19F4N3O3. The predicted molar refractivity (Wildman–Crippen MR) is 96.0 cm³/mol. The summed E-state index contributed by atoms with van der Waals surface area (Å²) >= 11 is 0. The Hall–Kier alpha value is -2.46. The molecule has 3 heterocycles. The molecule has 1 aromatic heterocycles. The lowest BCUT2D eigenvalue weighted by Gasteiger charge is -2.29. The van der Waals surface area contributed by atoms with E-state index in [9.17, 15) is 27.5 Å². The Labute approximate surface area is 168 Å². The number of hydrogen-bond acceptors (Lipinski definition) is 4. The molecular weight excluding hydrogens is 406 g/mol. The van der Waals surface area contributed by atoms with Crippen LogP contribution in [0.15, 0.2) is 24.4 Å². The molecule has 2 saturated heterocycles. The fourth-order valence-corrected chi connectivity index (χ4v) is 5.60. The third kappa shape index (κ3) is 2.31. The number of halogens is 4. The van der Waals surface area contributed by atoms with Gasteiger partial charge in [-0.25, -0.2) is 4.39 Å². The van der Waals surface area contributed by atoms with Crippen molar-refractivity contribution in [2.45, 2.75) is 49.7 Å². The predicted octanol–water partition coefficient (Wildman–Crippen LogP) is 2.69. The van der Waals surface area contributed by atoms with E-state index in [0.29, 0.717) is 24.2 Å². The van der Waals surface area contributed by atoms with Crippen LogP contribution >= 0.6 is 0 Å². The van der Waals surface area contributed by atoms with Gasteiger partial charge in [0, 0.05) is 36.3 Å². The molecule has 1 aliphatic carbocycles. The first-order valence-corrected chi connectivity index (χ1v) is 9.53. The number of aromatic nitrogens is 2. The van der Waals surface area contributed by atoms with Crippen LogP contribution in [-0.2, 0) is 28.2 Å². The first-order chi connectivity index (χ1) is 14.0. The average molecular weight is 425 g/mol. The highest BCUT2D eigenvalue weighted by Crippen LogP contribution is 2.78. The van der Waals surface area contributed by atoms with Gasteiger partial charge in [0.25, 0.3) is 0 Å². The minimum Gasteiger partial charge on any atom is -0.390 e. The maximum absolute atomic E-state index is 13.6. The quantitative estimate of drug-likeness (QED) is 0.742. The second-order valence-corrected chi connectivity index (χ2v) is 8.42. The highest BCUT2D eigenvalue weighted by molar-refractivity contribution is 6.01. The molecule has 1 amide bonds. The lowest BCUT2D eigenvalue weighted by atomic mass is 9.74. The Morgan fingerprint density at radius 1 is 1.40 bits per heavy atom. The number of aryl methyl sites for hydroxylation is 2. The van der Waals surface area contributed by atoms with Crippen LogP contribution in [0.2, 0.25) is 0 Å². The number of aliphatic hydroxyl groups excluding tert-OH is 1. The van der Waals surface area contributed by atoms with Gasteiger partial charge >= 0.3 is 6.18 Å². The van der Waals surface area contributed by atoms with E-state index >= 15 is 0 Å².